The van der Waals surface area contributed by atoms with Gasteiger partial charge in [-0.05, 0) is 25.6 Å². The number of pyridine rings is 1. The van der Waals surface area contributed by atoms with Crippen LogP contribution < -0.4 is 16.0 Å². The Kier molecular flexibility index (Phi) is 4.34. The molecular formula is C13H20N4O2. The number of hydrogen-bond donors (Lipinski definition) is 2. The maximum absolute atomic E-state index is 11.6. The number of amides is 1. The van der Waals surface area contributed by atoms with Crippen molar-refractivity contribution in [1.29, 1.82) is 0 Å². The van der Waals surface area contributed by atoms with Crippen molar-refractivity contribution in [2.75, 3.05) is 38.2 Å². The number of morpholine rings is 1. The molecule has 1 fully saturated rings. The number of nitrogens with zero attached hydrogens (tertiary/aromatic N) is 2. The van der Waals surface area contributed by atoms with Crippen molar-refractivity contribution < 1.29 is 9.53 Å². The minimum absolute atomic E-state index is 0.0989. The molecule has 0 radical (unpaired) electrons. The number of anilines is 1. The van der Waals surface area contributed by atoms with Gasteiger partial charge in [-0.25, -0.2) is 4.98 Å². The molecule has 0 bridgehead atoms. The number of aromatic nitrogens is 1. The van der Waals surface area contributed by atoms with Crippen LogP contribution in [0.1, 0.15) is 15.9 Å². The third-order valence-corrected chi connectivity index (χ3v) is 3.26. The van der Waals surface area contributed by atoms with Gasteiger partial charge in [0.1, 0.15) is 5.82 Å². The predicted octanol–water partition coefficient (Wildman–Crippen LogP) is -0.0865. The van der Waals surface area contributed by atoms with Crippen LogP contribution in [0.5, 0.6) is 0 Å². The summed E-state index contributed by atoms with van der Waals surface area (Å²) in [5, 5.41) is 3.09. The van der Waals surface area contributed by atoms with Crippen LogP contribution in [-0.2, 0) is 4.74 Å². The summed E-state index contributed by atoms with van der Waals surface area (Å²) in [6, 6.07) is 1.80. The standard InChI is InChI=1S/C13H20N4O2/c1-9-3-4-16-13(11(9)12(14)18)17-5-6-19-10(8-17)7-15-2/h3-4,10,15H,5-8H2,1-2H3,(H2,14,18). The van der Waals surface area contributed by atoms with Gasteiger partial charge in [-0.2, -0.15) is 0 Å². The third-order valence-electron chi connectivity index (χ3n) is 3.26. The van der Waals surface area contributed by atoms with E-state index in [4.69, 9.17) is 10.5 Å². The number of likely N-dealkylation sites (N-methyl/N-ethyl adjacent to an activating group) is 1. The Labute approximate surface area is 112 Å². The second-order valence-electron chi connectivity index (χ2n) is 4.69. The summed E-state index contributed by atoms with van der Waals surface area (Å²) in [5.74, 6) is 0.231. The van der Waals surface area contributed by atoms with E-state index >= 15 is 0 Å². The fourth-order valence-electron chi connectivity index (χ4n) is 2.35. The van der Waals surface area contributed by atoms with Gasteiger partial charge in [0, 0.05) is 25.8 Å². The van der Waals surface area contributed by atoms with Crippen LogP contribution in [0.25, 0.3) is 0 Å². The van der Waals surface area contributed by atoms with Gasteiger partial charge in [-0.1, -0.05) is 0 Å². The first kappa shape index (κ1) is 13.8. The lowest BCUT2D eigenvalue weighted by atomic mass is 10.1. The number of primary amides is 1. The molecule has 0 spiro atoms. The maximum atomic E-state index is 11.6. The zero-order valence-corrected chi connectivity index (χ0v) is 11.3. The number of nitrogens with two attached hydrogens (primary N) is 1. The Bertz CT molecular complexity index is 462. The van der Waals surface area contributed by atoms with Crippen LogP contribution in [0.4, 0.5) is 5.82 Å². The lowest BCUT2D eigenvalue weighted by Crippen LogP contribution is -2.47. The van der Waals surface area contributed by atoms with Crippen molar-refractivity contribution in [1.82, 2.24) is 10.3 Å². The Morgan fingerprint density at radius 2 is 2.47 bits per heavy atom. The Balaban J connectivity index is 2.26. The van der Waals surface area contributed by atoms with E-state index in [1.54, 1.807) is 12.3 Å². The summed E-state index contributed by atoms with van der Waals surface area (Å²) in [7, 11) is 1.89. The molecule has 1 unspecified atom stereocenters. The van der Waals surface area contributed by atoms with Crippen LogP contribution in [0.3, 0.4) is 0 Å². The minimum atomic E-state index is -0.433. The highest BCUT2D eigenvalue weighted by Crippen LogP contribution is 2.22. The molecule has 1 aromatic rings. The van der Waals surface area contributed by atoms with Crippen LogP contribution in [0.15, 0.2) is 12.3 Å². The largest absolute Gasteiger partial charge is 0.373 e. The predicted molar refractivity (Wildman–Crippen MR) is 73.4 cm³/mol. The molecule has 6 nitrogen and oxygen atoms in total. The van der Waals surface area contributed by atoms with Crippen molar-refractivity contribution >= 4 is 11.7 Å². The van der Waals surface area contributed by atoms with Crippen LogP contribution >= 0.6 is 0 Å². The maximum Gasteiger partial charge on any atom is 0.252 e. The second-order valence-corrected chi connectivity index (χ2v) is 4.69. The molecule has 1 saturated heterocycles. The number of carbonyl (C=O) groups excluding carboxylic acids is 1. The average molecular weight is 264 g/mol. The van der Waals surface area contributed by atoms with Gasteiger partial charge in [0.2, 0.25) is 0 Å². The fourth-order valence-corrected chi connectivity index (χ4v) is 2.35. The van der Waals surface area contributed by atoms with Crippen molar-refractivity contribution in [2.45, 2.75) is 13.0 Å². The monoisotopic (exact) mass is 264 g/mol. The lowest BCUT2D eigenvalue weighted by molar-refractivity contribution is 0.0418. The average Bonchev–Trinajstić information content (AvgIpc) is 2.38. The highest BCUT2D eigenvalue weighted by Gasteiger charge is 2.24. The SMILES string of the molecule is CNCC1CN(c2nccc(C)c2C(N)=O)CCO1. The number of carbonyl (C=O) groups is 1. The first-order valence-electron chi connectivity index (χ1n) is 6.40. The van der Waals surface area contributed by atoms with E-state index in [0.717, 1.165) is 18.7 Å². The highest BCUT2D eigenvalue weighted by atomic mass is 16.5. The molecule has 1 aromatic heterocycles. The molecule has 1 aliphatic heterocycles. The summed E-state index contributed by atoms with van der Waals surface area (Å²) < 4.78 is 5.65. The van der Waals surface area contributed by atoms with E-state index < -0.39 is 5.91 Å². The molecule has 0 aliphatic carbocycles. The Morgan fingerprint density at radius 1 is 1.68 bits per heavy atom. The van der Waals surface area contributed by atoms with E-state index in [9.17, 15) is 4.79 Å². The number of aryl methyl sites for hydroxylation is 1. The van der Waals surface area contributed by atoms with Crippen LogP contribution in [0, 0.1) is 6.92 Å². The van der Waals surface area contributed by atoms with Crippen LogP contribution in [0.2, 0.25) is 0 Å². The molecule has 104 valence electrons. The second kappa shape index (κ2) is 5.99. The van der Waals surface area contributed by atoms with E-state index in [0.29, 0.717) is 24.5 Å². The quantitative estimate of drug-likeness (QED) is 0.794. The molecule has 1 aliphatic rings. The molecule has 0 saturated carbocycles. The molecule has 2 heterocycles. The van der Waals surface area contributed by atoms with E-state index in [1.165, 1.54) is 0 Å². The topological polar surface area (TPSA) is 80.5 Å². The molecule has 1 amide bonds. The van der Waals surface area contributed by atoms with Gasteiger partial charge < -0.3 is 20.7 Å². The zero-order chi connectivity index (χ0) is 13.8. The van der Waals surface area contributed by atoms with E-state index in [2.05, 4.69) is 15.2 Å². The van der Waals surface area contributed by atoms with E-state index in [-0.39, 0.29) is 6.10 Å². The highest BCUT2D eigenvalue weighted by molar-refractivity contribution is 5.99. The van der Waals surface area contributed by atoms with Crippen molar-refractivity contribution in [2.24, 2.45) is 5.73 Å². The summed E-state index contributed by atoms with van der Waals surface area (Å²) >= 11 is 0. The van der Waals surface area contributed by atoms with E-state index in [1.807, 2.05) is 14.0 Å². The lowest BCUT2D eigenvalue weighted by Gasteiger charge is -2.34. The third kappa shape index (κ3) is 3.02. The smallest absolute Gasteiger partial charge is 0.252 e. The summed E-state index contributed by atoms with van der Waals surface area (Å²) in [6.07, 6.45) is 1.81. The van der Waals surface area contributed by atoms with Crippen molar-refractivity contribution in [3.63, 3.8) is 0 Å². The number of nitrogens with one attached hydrogen (secondary N) is 1. The number of rotatable bonds is 4. The molecule has 6 heteroatoms. The Hall–Kier alpha value is -1.66. The molecule has 0 aromatic carbocycles. The summed E-state index contributed by atoms with van der Waals surface area (Å²) in [5.41, 5.74) is 6.83. The molecular weight excluding hydrogens is 244 g/mol. The summed E-state index contributed by atoms with van der Waals surface area (Å²) in [6.45, 7) is 4.69. The van der Waals surface area contributed by atoms with Crippen molar-refractivity contribution in [3.8, 4) is 0 Å². The number of hydrogen-bond acceptors (Lipinski definition) is 5. The molecule has 3 N–H and O–H groups in total. The van der Waals surface area contributed by atoms with Gasteiger partial charge in [0.15, 0.2) is 0 Å². The molecule has 19 heavy (non-hydrogen) atoms. The van der Waals surface area contributed by atoms with Gasteiger partial charge in [-0.15, -0.1) is 0 Å². The fraction of sp³-hybridized carbons (Fsp3) is 0.538. The van der Waals surface area contributed by atoms with Crippen molar-refractivity contribution in [3.05, 3.63) is 23.4 Å². The van der Waals surface area contributed by atoms with Gasteiger partial charge in [0.25, 0.3) is 5.91 Å². The first-order valence-corrected chi connectivity index (χ1v) is 6.40. The molecule has 1 atom stereocenters. The minimum Gasteiger partial charge on any atom is -0.373 e. The normalized spacial score (nSPS) is 19.5. The zero-order valence-electron chi connectivity index (χ0n) is 11.3. The van der Waals surface area contributed by atoms with Crippen LogP contribution in [-0.4, -0.2) is 50.3 Å². The van der Waals surface area contributed by atoms with Gasteiger partial charge >= 0.3 is 0 Å². The first-order chi connectivity index (χ1) is 9.13. The van der Waals surface area contributed by atoms with Gasteiger partial charge in [-0.3, -0.25) is 4.79 Å². The van der Waals surface area contributed by atoms with Gasteiger partial charge in [0.05, 0.1) is 18.3 Å². The Morgan fingerprint density at radius 3 is 3.16 bits per heavy atom. The summed E-state index contributed by atoms with van der Waals surface area (Å²) in [4.78, 5) is 18.0. The number of ether oxygens (including phenoxy) is 1. The molecule has 2 rings (SSSR count).